The predicted molar refractivity (Wildman–Crippen MR) is 82.2 cm³/mol. The number of hydrogen-bond acceptors (Lipinski definition) is 2. The largest absolute Gasteiger partial charge is 0.371 e. The van der Waals surface area contributed by atoms with Crippen molar-refractivity contribution in [2.45, 2.75) is 44.7 Å². The Bertz CT molecular complexity index is 386. The molecule has 1 aliphatic carbocycles. The second kappa shape index (κ2) is 6.58. The van der Waals surface area contributed by atoms with Crippen molar-refractivity contribution in [3.05, 3.63) is 28.2 Å². The molecule has 0 amide bonds. The fourth-order valence-electron chi connectivity index (χ4n) is 2.82. The lowest BCUT2D eigenvalue weighted by Gasteiger charge is -2.33. The third kappa shape index (κ3) is 3.27. The lowest BCUT2D eigenvalue weighted by Crippen LogP contribution is -2.33. The van der Waals surface area contributed by atoms with E-state index in [1.165, 1.54) is 47.8 Å². The fourth-order valence-corrected chi connectivity index (χ4v) is 3.52. The Hall–Kier alpha value is -0.540. The molecule has 0 spiro atoms. The summed E-state index contributed by atoms with van der Waals surface area (Å²) in [6.45, 7) is 0.923. The molecule has 2 nitrogen and oxygen atoms in total. The maximum atomic E-state index is 3.71. The molecule has 0 radical (unpaired) electrons. The van der Waals surface area contributed by atoms with Crippen LogP contribution in [-0.2, 0) is 6.54 Å². The summed E-state index contributed by atoms with van der Waals surface area (Å²) in [5.74, 6) is 0. The summed E-state index contributed by atoms with van der Waals surface area (Å²) in [6, 6.07) is 7.40. The second-order valence-corrected chi connectivity index (χ2v) is 6.07. The van der Waals surface area contributed by atoms with Gasteiger partial charge in [-0.1, -0.05) is 25.3 Å². The van der Waals surface area contributed by atoms with Crippen LogP contribution in [0.15, 0.2) is 22.7 Å². The topological polar surface area (TPSA) is 15.3 Å². The summed E-state index contributed by atoms with van der Waals surface area (Å²) in [4.78, 5) is 2.45. The van der Waals surface area contributed by atoms with Gasteiger partial charge in [-0.3, -0.25) is 0 Å². The van der Waals surface area contributed by atoms with Crippen molar-refractivity contribution in [1.29, 1.82) is 0 Å². The number of hydrogen-bond donors (Lipinski definition) is 1. The zero-order valence-electron chi connectivity index (χ0n) is 11.4. The summed E-state index contributed by atoms with van der Waals surface area (Å²) in [5, 5.41) is 3.19. The van der Waals surface area contributed by atoms with Gasteiger partial charge in [-0.2, -0.15) is 0 Å². The average molecular weight is 311 g/mol. The first-order chi connectivity index (χ1) is 8.72. The van der Waals surface area contributed by atoms with Gasteiger partial charge in [-0.05, 0) is 53.5 Å². The van der Waals surface area contributed by atoms with Gasteiger partial charge in [0, 0.05) is 24.1 Å². The molecule has 1 N–H and O–H groups in total. The lowest BCUT2D eigenvalue weighted by atomic mass is 9.94. The molecule has 3 heteroatoms. The first kappa shape index (κ1) is 13.9. The molecule has 100 valence electrons. The van der Waals surface area contributed by atoms with E-state index >= 15 is 0 Å². The van der Waals surface area contributed by atoms with E-state index in [4.69, 9.17) is 0 Å². The Morgan fingerprint density at radius 2 is 2.00 bits per heavy atom. The zero-order chi connectivity index (χ0) is 13.0. The molecular formula is C15H23BrN2. The first-order valence-corrected chi connectivity index (χ1v) is 7.67. The maximum absolute atomic E-state index is 3.71. The van der Waals surface area contributed by atoms with Crippen LogP contribution in [-0.4, -0.2) is 20.1 Å². The van der Waals surface area contributed by atoms with E-state index in [9.17, 15) is 0 Å². The number of nitrogens with one attached hydrogen (secondary N) is 1. The predicted octanol–water partition coefficient (Wildman–Crippen LogP) is 3.94. The highest BCUT2D eigenvalue weighted by molar-refractivity contribution is 9.10. The molecule has 0 atom stereocenters. The Morgan fingerprint density at radius 3 is 2.61 bits per heavy atom. The Morgan fingerprint density at radius 1 is 1.28 bits per heavy atom. The van der Waals surface area contributed by atoms with Crippen LogP contribution in [0.2, 0.25) is 0 Å². The summed E-state index contributed by atoms with van der Waals surface area (Å²) in [5.41, 5.74) is 2.65. The standard InChI is InChI=1S/C15H23BrN2/c1-17-11-12-8-9-15(14(16)10-12)18(2)13-6-4-3-5-7-13/h8-10,13,17H,3-7,11H2,1-2H3. The van der Waals surface area contributed by atoms with E-state index in [0.29, 0.717) is 6.04 Å². The van der Waals surface area contributed by atoms with Gasteiger partial charge in [0.2, 0.25) is 0 Å². The Labute approximate surface area is 119 Å². The first-order valence-electron chi connectivity index (χ1n) is 6.88. The third-order valence-electron chi connectivity index (χ3n) is 3.90. The van der Waals surface area contributed by atoms with E-state index in [1.807, 2.05) is 7.05 Å². The van der Waals surface area contributed by atoms with Gasteiger partial charge >= 0.3 is 0 Å². The molecule has 0 heterocycles. The number of benzene rings is 1. The van der Waals surface area contributed by atoms with Crippen LogP contribution in [0.1, 0.15) is 37.7 Å². The number of halogens is 1. The summed E-state index contributed by atoms with van der Waals surface area (Å²) in [7, 11) is 4.21. The minimum Gasteiger partial charge on any atom is -0.371 e. The van der Waals surface area contributed by atoms with Gasteiger partial charge < -0.3 is 10.2 Å². The molecule has 1 fully saturated rings. The van der Waals surface area contributed by atoms with Crippen molar-refractivity contribution < 1.29 is 0 Å². The molecule has 0 bridgehead atoms. The highest BCUT2D eigenvalue weighted by Gasteiger charge is 2.19. The van der Waals surface area contributed by atoms with Crippen molar-refractivity contribution in [2.75, 3.05) is 19.0 Å². The van der Waals surface area contributed by atoms with Crippen molar-refractivity contribution >= 4 is 21.6 Å². The minimum absolute atomic E-state index is 0.713. The molecule has 1 saturated carbocycles. The van der Waals surface area contributed by atoms with E-state index in [0.717, 1.165) is 6.54 Å². The highest BCUT2D eigenvalue weighted by Crippen LogP contribution is 2.31. The zero-order valence-corrected chi connectivity index (χ0v) is 13.0. The molecule has 1 aromatic carbocycles. The van der Waals surface area contributed by atoms with Crippen molar-refractivity contribution in [1.82, 2.24) is 5.32 Å². The van der Waals surface area contributed by atoms with Crippen molar-refractivity contribution in [3.63, 3.8) is 0 Å². The van der Waals surface area contributed by atoms with E-state index in [2.05, 4.69) is 51.4 Å². The number of nitrogens with zero attached hydrogens (tertiary/aromatic N) is 1. The fraction of sp³-hybridized carbons (Fsp3) is 0.600. The molecule has 1 aliphatic rings. The second-order valence-electron chi connectivity index (χ2n) is 5.22. The monoisotopic (exact) mass is 310 g/mol. The van der Waals surface area contributed by atoms with Crippen LogP contribution >= 0.6 is 15.9 Å². The van der Waals surface area contributed by atoms with Crippen molar-refractivity contribution in [3.8, 4) is 0 Å². The lowest BCUT2D eigenvalue weighted by molar-refractivity contribution is 0.427. The molecule has 18 heavy (non-hydrogen) atoms. The van der Waals surface area contributed by atoms with Gasteiger partial charge in [0.05, 0.1) is 5.69 Å². The molecule has 0 saturated heterocycles. The van der Waals surface area contributed by atoms with Crippen LogP contribution in [0.4, 0.5) is 5.69 Å². The van der Waals surface area contributed by atoms with Gasteiger partial charge in [0.15, 0.2) is 0 Å². The molecule has 0 aromatic heterocycles. The molecule has 2 rings (SSSR count). The van der Waals surface area contributed by atoms with E-state index in [-0.39, 0.29) is 0 Å². The molecular weight excluding hydrogens is 288 g/mol. The SMILES string of the molecule is CNCc1ccc(N(C)C2CCCCC2)c(Br)c1. The molecule has 0 aliphatic heterocycles. The summed E-state index contributed by atoms with van der Waals surface area (Å²) >= 11 is 3.71. The van der Waals surface area contributed by atoms with Crippen LogP contribution in [0.25, 0.3) is 0 Å². The number of anilines is 1. The van der Waals surface area contributed by atoms with E-state index in [1.54, 1.807) is 0 Å². The quantitative estimate of drug-likeness (QED) is 0.906. The Balaban J connectivity index is 2.11. The van der Waals surface area contributed by atoms with Crippen molar-refractivity contribution in [2.24, 2.45) is 0 Å². The average Bonchev–Trinajstić information content (AvgIpc) is 2.40. The third-order valence-corrected chi connectivity index (χ3v) is 4.53. The summed E-state index contributed by atoms with van der Waals surface area (Å²) < 4.78 is 1.21. The van der Waals surface area contributed by atoms with Crippen LogP contribution < -0.4 is 10.2 Å². The van der Waals surface area contributed by atoms with Crippen LogP contribution in [0.5, 0.6) is 0 Å². The maximum Gasteiger partial charge on any atom is 0.0510 e. The van der Waals surface area contributed by atoms with Gasteiger partial charge in [-0.25, -0.2) is 0 Å². The van der Waals surface area contributed by atoms with Gasteiger partial charge in [0.25, 0.3) is 0 Å². The number of rotatable bonds is 4. The molecule has 1 aromatic rings. The van der Waals surface area contributed by atoms with Gasteiger partial charge in [0.1, 0.15) is 0 Å². The van der Waals surface area contributed by atoms with E-state index < -0.39 is 0 Å². The highest BCUT2D eigenvalue weighted by atomic mass is 79.9. The van der Waals surface area contributed by atoms with Gasteiger partial charge in [-0.15, -0.1) is 0 Å². The minimum atomic E-state index is 0.713. The normalized spacial score (nSPS) is 16.8. The summed E-state index contributed by atoms with van der Waals surface area (Å²) in [6.07, 6.45) is 6.84. The van der Waals surface area contributed by atoms with Crippen LogP contribution in [0.3, 0.4) is 0 Å². The molecule has 0 unspecified atom stereocenters. The smallest absolute Gasteiger partial charge is 0.0510 e. The Kier molecular flexibility index (Phi) is 5.07. The van der Waals surface area contributed by atoms with Crippen LogP contribution in [0, 0.1) is 0 Å².